The Labute approximate surface area is 235 Å². The van der Waals surface area contributed by atoms with Gasteiger partial charge in [0.25, 0.3) is 10.0 Å². The topological polar surface area (TPSA) is 96.0 Å². The van der Waals surface area contributed by atoms with E-state index in [-0.39, 0.29) is 33.8 Å². The maximum absolute atomic E-state index is 14.0. The van der Waals surface area contributed by atoms with E-state index in [0.29, 0.717) is 6.54 Å². The average Bonchev–Trinajstić information content (AvgIpc) is 2.93. The van der Waals surface area contributed by atoms with Gasteiger partial charge in [0.2, 0.25) is 11.8 Å². The molecule has 0 unspecified atom stereocenters. The van der Waals surface area contributed by atoms with E-state index >= 15 is 0 Å². The number of nitrogens with one attached hydrogen (secondary N) is 1. The third kappa shape index (κ3) is 7.52. The van der Waals surface area contributed by atoms with E-state index in [0.717, 1.165) is 21.9 Å². The van der Waals surface area contributed by atoms with Crippen molar-refractivity contribution < 1.29 is 22.7 Å². The fourth-order valence-electron chi connectivity index (χ4n) is 4.08. The Kier molecular flexibility index (Phi) is 10.4. The van der Waals surface area contributed by atoms with Gasteiger partial charge in [0.15, 0.2) is 0 Å². The third-order valence-electron chi connectivity index (χ3n) is 6.17. The second kappa shape index (κ2) is 13.5. The highest BCUT2D eigenvalue weighted by Gasteiger charge is 2.33. The van der Waals surface area contributed by atoms with Crippen LogP contribution in [0.1, 0.15) is 31.4 Å². The van der Waals surface area contributed by atoms with Crippen molar-refractivity contribution >= 4 is 39.1 Å². The van der Waals surface area contributed by atoms with Crippen LogP contribution >= 0.6 is 11.6 Å². The van der Waals surface area contributed by atoms with Crippen molar-refractivity contribution in [1.29, 1.82) is 0 Å². The number of methoxy groups -OCH3 is 1. The van der Waals surface area contributed by atoms with Crippen LogP contribution in [0, 0.1) is 6.92 Å². The smallest absolute Gasteiger partial charge is 0.264 e. The lowest BCUT2D eigenvalue weighted by molar-refractivity contribution is -0.139. The summed E-state index contributed by atoms with van der Waals surface area (Å²) in [5.41, 5.74) is 1.93. The molecule has 0 saturated heterocycles. The van der Waals surface area contributed by atoms with Gasteiger partial charge in [0, 0.05) is 18.1 Å². The number of benzene rings is 3. The first-order valence-corrected chi connectivity index (χ1v) is 14.4. The number of anilines is 1. The summed E-state index contributed by atoms with van der Waals surface area (Å²) in [6, 6.07) is 19.1. The SMILES string of the molecule is CCCNC(=O)[C@@H](C)N(Cc1cccc(C)c1)C(=O)CN(c1cc(Cl)ccc1OC)S(=O)(=O)c1ccccc1. The normalized spacial score (nSPS) is 11.9. The van der Waals surface area contributed by atoms with Crippen molar-refractivity contribution in [3.8, 4) is 5.75 Å². The van der Waals surface area contributed by atoms with Crippen LogP contribution in [0.3, 0.4) is 0 Å². The Morgan fingerprint density at radius 2 is 1.74 bits per heavy atom. The zero-order valence-electron chi connectivity index (χ0n) is 22.6. The number of hydrogen-bond acceptors (Lipinski definition) is 5. The van der Waals surface area contributed by atoms with Crippen LogP contribution in [0.2, 0.25) is 5.02 Å². The largest absolute Gasteiger partial charge is 0.495 e. The predicted octanol–water partition coefficient (Wildman–Crippen LogP) is 4.80. The molecule has 0 aromatic heterocycles. The summed E-state index contributed by atoms with van der Waals surface area (Å²) in [6.45, 7) is 5.51. The van der Waals surface area contributed by atoms with Crippen LogP contribution in [-0.4, -0.2) is 51.4 Å². The van der Waals surface area contributed by atoms with E-state index in [1.165, 1.54) is 30.2 Å². The molecule has 0 aliphatic heterocycles. The number of aryl methyl sites for hydroxylation is 1. The van der Waals surface area contributed by atoms with Crippen LogP contribution in [0.4, 0.5) is 5.69 Å². The fourth-order valence-corrected chi connectivity index (χ4v) is 5.68. The van der Waals surface area contributed by atoms with Gasteiger partial charge in [-0.1, -0.05) is 66.6 Å². The Bertz CT molecular complexity index is 1400. The van der Waals surface area contributed by atoms with Crippen molar-refractivity contribution in [3.05, 3.63) is 88.9 Å². The predicted molar refractivity (Wildman–Crippen MR) is 153 cm³/mol. The zero-order valence-corrected chi connectivity index (χ0v) is 24.1. The molecule has 0 aliphatic rings. The average molecular weight is 572 g/mol. The van der Waals surface area contributed by atoms with Gasteiger partial charge < -0.3 is 15.0 Å². The molecule has 0 aliphatic carbocycles. The summed E-state index contributed by atoms with van der Waals surface area (Å²) < 4.78 is 34.2. The molecule has 0 fully saturated rings. The number of halogens is 1. The quantitative estimate of drug-likeness (QED) is 0.337. The molecular weight excluding hydrogens is 538 g/mol. The molecule has 3 aromatic rings. The monoisotopic (exact) mass is 571 g/mol. The fraction of sp³-hybridized carbons (Fsp3) is 0.310. The summed E-state index contributed by atoms with van der Waals surface area (Å²) >= 11 is 6.25. The van der Waals surface area contributed by atoms with Crippen LogP contribution in [-0.2, 0) is 26.2 Å². The number of nitrogens with zero attached hydrogens (tertiary/aromatic N) is 2. The number of ether oxygens (including phenoxy) is 1. The molecule has 0 radical (unpaired) electrons. The maximum atomic E-state index is 14.0. The minimum Gasteiger partial charge on any atom is -0.495 e. The molecule has 0 bridgehead atoms. The second-order valence-corrected chi connectivity index (χ2v) is 11.4. The zero-order chi connectivity index (χ0) is 28.6. The molecule has 208 valence electrons. The Hall–Kier alpha value is -3.56. The molecule has 2 amide bonds. The minimum atomic E-state index is -4.23. The molecular formula is C29H34ClN3O5S. The summed E-state index contributed by atoms with van der Waals surface area (Å²) in [6.07, 6.45) is 0.738. The highest BCUT2D eigenvalue weighted by molar-refractivity contribution is 7.92. The molecule has 8 nitrogen and oxygen atoms in total. The van der Waals surface area contributed by atoms with Crippen LogP contribution in [0.15, 0.2) is 77.7 Å². The standard InChI is InChI=1S/C29H34ClN3O5S/c1-5-16-31-29(35)22(3)32(19-23-11-9-10-21(2)17-23)28(34)20-33(26-18-24(30)14-15-27(26)38-4)39(36,37)25-12-7-6-8-13-25/h6-15,17-18,22H,5,16,19-20H2,1-4H3,(H,31,35)/t22-/m1/s1. The second-order valence-electron chi connectivity index (χ2n) is 9.12. The number of rotatable bonds is 12. The van der Waals surface area contributed by atoms with E-state index in [1.54, 1.807) is 37.3 Å². The van der Waals surface area contributed by atoms with Crippen LogP contribution in [0.5, 0.6) is 5.75 Å². The molecule has 39 heavy (non-hydrogen) atoms. The Balaban J connectivity index is 2.08. The first kappa shape index (κ1) is 30.0. The van der Waals surface area contributed by atoms with Gasteiger partial charge in [0.1, 0.15) is 18.3 Å². The first-order valence-electron chi connectivity index (χ1n) is 12.6. The van der Waals surface area contributed by atoms with Gasteiger partial charge in [-0.05, 0) is 56.2 Å². The number of sulfonamides is 1. The lowest BCUT2D eigenvalue weighted by Crippen LogP contribution is -2.51. The number of carbonyl (C=O) groups is 2. The molecule has 0 spiro atoms. The number of hydrogen-bond donors (Lipinski definition) is 1. The molecule has 0 heterocycles. The third-order valence-corrected chi connectivity index (χ3v) is 8.18. The molecule has 1 N–H and O–H groups in total. The van der Waals surface area contributed by atoms with Crippen molar-refractivity contribution in [3.63, 3.8) is 0 Å². The van der Waals surface area contributed by atoms with Crippen molar-refractivity contribution in [2.75, 3.05) is 24.5 Å². The molecule has 10 heteroatoms. The van der Waals surface area contributed by atoms with Crippen LogP contribution in [0.25, 0.3) is 0 Å². The van der Waals surface area contributed by atoms with Gasteiger partial charge >= 0.3 is 0 Å². The van der Waals surface area contributed by atoms with Crippen molar-refractivity contribution in [2.24, 2.45) is 0 Å². The summed E-state index contributed by atoms with van der Waals surface area (Å²) in [4.78, 5) is 28.3. The minimum absolute atomic E-state index is 0.00111. The lowest BCUT2D eigenvalue weighted by Gasteiger charge is -2.32. The number of carbonyl (C=O) groups excluding carboxylic acids is 2. The van der Waals surface area contributed by atoms with Gasteiger partial charge in [0.05, 0.1) is 17.7 Å². The summed E-state index contributed by atoms with van der Waals surface area (Å²) in [7, 11) is -2.82. The van der Waals surface area contributed by atoms with Crippen molar-refractivity contribution in [1.82, 2.24) is 10.2 Å². The van der Waals surface area contributed by atoms with Crippen molar-refractivity contribution in [2.45, 2.75) is 44.7 Å². The van der Waals surface area contributed by atoms with E-state index in [4.69, 9.17) is 16.3 Å². The van der Waals surface area contributed by atoms with Crippen LogP contribution < -0.4 is 14.4 Å². The van der Waals surface area contributed by atoms with E-state index in [2.05, 4.69) is 5.32 Å². The Morgan fingerprint density at radius 1 is 1.03 bits per heavy atom. The van der Waals surface area contributed by atoms with E-state index < -0.39 is 28.5 Å². The van der Waals surface area contributed by atoms with E-state index in [1.807, 2.05) is 38.1 Å². The van der Waals surface area contributed by atoms with Gasteiger partial charge in [-0.3, -0.25) is 13.9 Å². The van der Waals surface area contributed by atoms with Gasteiger partial charge in [-0.15, -0.1) is 0 Å². The highest BCUT2D eigenvalue weighted by atomic mass is 35.5. The van der Waals surface area contributed by atoms with E-state index in [9.17, 15) is 18.0 Å². The highest BCUT2D eigenvalue weighted by Crippen LogP contribution is 2.35. The van der Waals surface area contributed by atoms with Gasteiger partial charge in [-0.2, -0.15) is 0 Å². The van der Waals surface area contributed by atoms with Gasteiger partial charge in [-0.25, -0.2) is 8.42 Å². The Morgan fingerprint density at radius 3 is 2.38 bits per heavy atom. The molecule has 3 aromatic carbocycles. The lowest BCUT2D eigenvalue weighted by atomic mass is 10.1. The molecule has 0 saturated carbocycles. The first-order chi connectivity index (χ1) is 18.6. The number of amides is 2. The molecule has 1 atom stereocenters. The maximum Gasteiger partial charge on any atom is 0.264 e. The molecule has 3 rings (SSSR count). The summed E-state index contributed by atoms with van der Waals surface area (Å²) in [5, 5.41) is 3.10. The summed E-state index contributed by atoms with van der Waals surface area (Å²) in [5.74, 6) is -0.654.